The Morgan fingerprint density at radius 1 is 1.19 bits per heavy atom. The van der Waals surface area contributed by atoms with E-state index in [1.807, 2.05) is 24.8 Å². The molecule has 1 aromatic rings. The fourth-order valence-corrected chi connectivity index (χ4v) is 3.50. The third-order valence-electron chi connectivity index (χ3n) is 3.58. The number of piperazine rings is 1. The van der Waals surface area contributed by atoms with E-state index in [0.717, 1.165) is 15.3 Å². The lowest BCUT2D eigenvalue weighted by Gasteiger charge is -2.34. The van der Waals surface area contributed by atoms with Gasteiger partial charge in [-0.2, -0.15) is 13.2 Å². The number of hydrogen-bond acceptors (Lipinski definition) is 4. The van der Waals surface area contributed by atoms with E-state index < -0.39 is 12.7 Å². The molecule has 0 saturated carbocycles. The van der Waals surface area contributed by atoms with Crippen molar-refractivity contribution in [2.75, 3.05) is 39.3 Å². The third kappa shape index (κ3) is 4.79. The Morgan fingerprint density at radius 2 is 1.76 bits per heavy atom. The Morgan fingerprint density at radius 3 is 2.24 bits per heavy atom. The molecule has 1 aliphatic rings. The van der Waals surface area contributed by atoms with Crippen LogP contribution in [-0.2, 0) is 0 Å². The molecule has 0 aliphatic carbocycles. The van der Waals surface area contributed by atoms with Crippen molar-refractivity contribution in [1.29, 1.82) is 0 Å². The van der Waals surface area contributed by atoms with Crippen LogP contribution in [0.5, 0.6) is 0 Å². The van der Waals surface area contributed by atoms with E-state index in [2.05, 4.69) is 0 Å². The van der Waals surface area contributed by atoms with Crippen LogP contribution in [0.1, 0.15) is 20.1 Å². The number of ketones is 1. The summed E-state index contributed by atoms with van der Waals surface area (Å²) in [6, 6.07) is 1.89. The van der Waals surface area contributed by atoms with Crippen molar-refractivity contribution in [1.82, 2.24) is 9.80 Å². The number of rotatable bonds is 4. The maximum atomic E-state index is 12.3. The second kappa shape index (κ2) is 6.46. The average Bonchev–Trinajstić information content (AvgIpc) is 2.69. The summed E-state index contributed by atoms with van der Waals surface area (Å²) in [6.45, 7) is 5.03. The number of halogens is 3. The van der Waals surface area contributed by atoms with E-state index in [4.69, 9.17) is 0 Å². The van der Waals surface area contributed by atoms with Crippen LogP contribution in [0.4, 0.5) is 13.2 Å². The van der Waals surface area contributed by atoms with Crippen LogP contribution in [0.3, 0.4) is 0 Å². The standard InChI is InChI=1S/C14H19F3N2OS/c1-10-7-12(11(2)21-10)13(20)8-18-3-5-19(6-4-18)9-14(15,16)17/h7H,3-6,8-9H2,1-2H3. The van der Waals surface area contributed by atoms with Gasteiger partial charge in [0.05, 0.1) is 13.1 Å². The largest absolute Gasteiger partial charge is 0.401 e. The predicted molar refractivity (Wildman–Crippen MR) is 77.1 cm³/mol. The Hall–Kier alpha value is -0.920. The molecule has 1 aromatic heterocycles. The molecule has 0 aromatic carbocycles. The van der Waals surface area contributed by atoms with Crippen LogP contribution in [0.25, 0.3) is 0 Å². The maximum Gasteiger partial charge on any atom is 0.401 e. The summed E-state index contributed by atoms with van der Waals surface area (Å²) in [5.74, 6) is 0.0566. The van der Waals surface area contributed by atoms with E-state index >= 15 is 0 Å². The first-order valence-electron chi connectivity index (χ1n) is 6.86. The van der Waals surface area contributed by atoms with Crippen LogP contribution < -0.4 is 0 Å². The van der Waals surface area contributed by atoms with Gasteiger partial charge in [-0.15, -0.1) is 11.3 Å². The SMILES string of the molecule is Cc1cc(C(=O)CN2CCN(CC(F)(F)F)CC2)c(C)s1. The van der Waals surface area contributed by atoms with Crippen molar-refractivity contribution < 1.29 is 18.0 Å². The van der Waals surface area contributed by atoms with Gasteiger partial charge < -0.3 is 0 Å². The number of thiophene rings is 1. The van der Waals surface area contributed by atoms with Crippen molar-refractivity contribution in [3.8, 4) is 0 Å². The third-order valence-corrected chi connectivity index (χ3v) is 4.54. The minimum atomic E-state index is -4.15. The lowest BCUT2D eigenvalue weighted by atomic mass is 10.1. The lowest BCUT2D eigenvalue weighted by Crippen LogP contribution is -2.50. The summed E-state index contributed by atoms with van der Waals surface area (Å²) in [5.41, 5.74) is 0.746. The quantitative estimate of drug-likeness (QED) is 0.797. The van der Waals surface area contributed by atoms with Crippen molar-refractivity contribution in [3.05, 3.63) is 21.4 Å². The predicted octanol–water partition coefficient (Wildman–Crippen LogP) is 2.73. The first-order chi connectivity index (χ1) is 9.74. The van der Waals surface area contributed by atoms with Gasteiger partial charge in [-0.05, 0) is 19.9 Å². The summed E-state index contributed by atoms with van der Waals surface area (Å²) < 4.78 is 36.9. The summed E-state index contributed by atoms with van der Waals surface area (Å²) in [6.07, 6.45) is -4.15. The zero-order valence-electron chi connectivity index (χ0n) is 12.2. The highest BCUT2D eigenvalue weighted by Crippen LogP contribution is 2.22. The van der Waals surface area contributed by atoms with Crippen LogP contribution in [0, 0.1) is 13.8 Å². The molecule has 0 amide bonds. The number of hydrogen-bond donors (Lipinski definition) is 0. The van der Waals surface area contributed by atoms with E-state index in [-0.39, 0.29) is 12.3 Å². The molecular formula is C14H19F3N2OS. The maximum absolute atomic E-state index is 12.3. The van der Waals surface area contributed by atoms with Gasteiger partial charge >= 0.3 is 6.18 Å². The van der Waals surface area contributed by atoms with Gasteiger partial charge in [0.15, 0.2) is 5.78 Å². The molecule has 21 heavy (non-hydrogen) atoms. The van der Waals surface area contributed by atoms with Crippen LogP contribution in [0.2, 0.25) is 0 Å². The molecule has 1 saturated heterocycles. The Balaban J connectivity index is 1.83. The molecule has 2 heterocycles. The average molecular weight is 320 g/mol. The van der Waals surface area contributed by atoms with Crippen molar-refractivity contribution >= 4 is 17.1 Å². The molecule has 1 fully saturated rings. The number of carbonyl (C=O) groups excluding carboxylic acids is 1. The van der Waals surface area contributed by atoms with E-state index in [1.165, 1.54) is 4.90 Å². The summed E-state index contributed by atoms with van der Waals surface area (Å²) >= 11 is 1.59. The highest BCUT2D eigenvalue weighted by Gasteiger charge is 2.32. The molecule has 0 unspecified atom stereocenters. The second-order valence-corrected chi connectivity index (χ2v) is 6.88. The Bertz CT molecular complexity index is 505. The molecule has 1 aliphatic heterocycles. The fraction of sp³-hybridized carbons (Fsp3) is 0.643. The second-order valence-electron chi connectivity index (χ2n) is 5.42. The monoisotopic (exact) mass is 320 g/mol. The summed E-state index contributed by atoms with van der Waals surface area (Å²) in [5, 5.41) is 0. The van der Waals surface area contributed by atoms with Crippen molar-refractivity contribution in [2.45, 2.75) is 20.0 Å². The van der Waals surface area contributed by atoms with Gasteiger partial charge in [0.25, 0.3) is 0 Å². The number of carbonyl (C=O) groups is 1. The number of nitrogens with zero attached hydrogens (tertiary/aromatic N) is 2. The Labute approximate surface area is 126 Å². The van der Waals surface area contributed by atoms with Gasteiger partial charge in [0, 0.05) is 41.5 Å². The molecule has 2 rings (SSSR count). The summed E-state index contributed by atoms with van der Waals surface area (Å²) in [4.78, 5) is 17.7. The zero-order chi connectivity index (χ0) is 15.6. The highest BCUT2D eigenvalue weighted by molar-refractivity contribution is 7.12. The lowest BCUT2D eigenvalue weighted by molar-refractivity contribution is -0.149. The molecule has 0 bridgehead atoms. The Kier molecular flexibility index (Phi) is 5.06. The van der Waals surface area contributed by atoms with Crippen molar-refractivity contribution in [2.24, 2.45) is 0 Å². The number of alkyl halides is 3. The van der Waals surface area contributed by atoms with Gasteiger partial charge in [0.1, 0.15) is 0 Å². The highest BCUT2D eigenvalue weighted by atomic mass is 32.1. The fourth-order valence-electron chi connectivity index (χ4n) is 2.55. The zero-order valence-corrected chi connectivity index (χ0v) is 13.0. The molecule has 0 atom stereocenters. The van der Waals surface area contributed by atoms with E-state index in [0.29, 0.717) is 26.2 Å². The molecule has 0 N–H and O–H groups in total. The van der Waals surface area contributed by atoms with Gasteiger partial charge in [-0.25, -0.2) is 0 Å². The van der Waals surface area contributed by atoms with Crippen LogP contribution >= 0.6 is 11.3 Å². The minimum absolute atomic E-state index is 0.0566. The molecular weight excluding hydrogens is 301 g/mol. The van der Waals surface area contributed by atoms with Gasteiger partial charge in [-0.1, -0.05) is 0 Å². The number of aryl methyl sites for hydroxylation is 2. The summed E-state index contributed by atoms with van der Waals surface area (Å²) in [7, 11) is 0. The van der Waals surface area contributed by atoms with Crippen molar-refractivity contribution in [3.63, 3.8) is 0 Å². The molecule has 7 heteroatoms. The minimum Gasteiger partial charge on any atom is -0.293 e. The molecule has 3 nitrogen and oxygen atoms in total. The molecule has 0 radical (unpaired) electrons. The smallest absolute Gasteiger partial charge is 0.293 e. The number of Topliss-reactive ketones (excluding diaryl/α,β-unsaturated/α-hetero) is 1. The topological polar surface area (TPSA) is 23.6 Å². The van der Waals surface area contributed by atoms with Gasteiger partial charge in [0.2, 0.25) is 0 Å². The van der Waals surface area contributed by atoms with Gasteiger partial charge in [-0.3, -0.25) is 14.6 Å². The first kappa shape index (κ1) is 16.5. The first-order valence-corrected chi connectivity index (χ1v) is 7.68. The van der Waals surface area contributed by atoms with E-state index in [9.17, 15) is 18.0 Å². The normalized spacial score (nSPS) is 18.1. The van der Waals surface area contributed by atoms with Crippen LogP contribution in [-0.4, -0.2) is 61.0 Å². The van der Waals surface area contributed by atoms with E-state index in [1.54, 1.807) is 11.3 Å². The molecule has 0 spiro atoms. The van der Waals surface area contributed by atoms with Crippen LogP contribution in [0.15, 0.2) is 6.07 Å². The molecule has 118 valence electrons.